The molecule has 4 amide bonds. The number of allylic oxidation sites excluding steroid dienone is 1. The molecule has 0 heterocycles. The van der Waals surface area contributed by atoms with Crippen LogP contribution in [0.3, 0.4) is 0 Å². The molecule has 0 saturated heterocycles. The summed E-state index contributed by atoms with van der Waals surface area (Å²) in [4.78, 5) is 19.2. The van der Waals surface area contributed by atoms with Crippen molar-refractivity contribution in [1.82, 2.24) is 5.32 Å². The van der Waals surface area contributed by atoms with E-state index in [-0.39, 0.29) is 0 Å². The van der Waals surface area contributed by atoms with Crippen LogP contribution in [-0.2, 0) is 0 Å². The average Bonchev–Trinajstić information content (AvgIpc) is 1.84. The first-order valence-electron chi connectivity index (χ1n) is 3.68. The number of urea groups is 2. The fourth-order valence-electron chi connectivity index (χ4n) is 0.121. The van der Waals surface area contributed by atoms with Gasteiger partial charge in [0, 0.05) is 0 Å². The molecule has 76 valence electrons. The molecule has 0 aromatic rings. The molecule has 0 fully saturated rings. The van der Waals surface area contributed by atoms with Crippen LogP contribution in [-0.4, -0.2) is 12.1 Å². The first-order valence-corrected chi connectivity index (χ1v) is 3.68. The van der Waals surface area contributed by atoms with Crippen LogP contribution in [0.4, 0.5) is 9.59 Å². The van der Waals surface area contributed by atoms with Crippen LogP contribution >= 0.6 is 0 Å². The SMILES string of the molecule is C=CC(C)(C)C.NC(=O)NC(N)=O. The number of primary amides is 2. The van der Waals surface area contributed by atoms with Gasteiger partial charge in [-0.1, -0.05) is 26.8 Å². The van der Waals surface area contributed by atoms with E-state index in [1.165, 1.54) is 0 Å². The second kappa shape index (κ2) is 6.05. The van der Waals surface area contributed by atoms with Gasteiger partial charge in [-0.3, -0.25) is 5.32 Å². The summed E-state index contributed by atoms with van der Waals surface area (Å²) in [5.74, 6) is 0. The molecule has 0 unspecified atom stereocenters. The van der Waals surface area contributed by atoms with E-state index in [9.17, 15) is 9.59 Å². The quantitative estimate of drug-likeness (QED) is 0.492. The van der Waals surface area contributed by atoms with Crippen molar-refractivity contribution in [2.45, 2.75) is 20.8 Å². The Morgan fingerprint density at radius 1 is 1.23 bits per heavy atom. The minimum Gasteiger partial charge on any atom is -0.351 e. The molecule has 0 aliphatic rings. The maximum atomic E-state index is 9.62. The maximum Gasteiger partial charge on any atom is 0.320 e. The maximum absolute atomic E-state index is 9.62. The molecule has 5 N–H and O–H groups in total. The number of hydrogen-bond donors (Lipinski definition) is 3. The van der Waals surface area contributed by atoms with Crippen molar-refractivity contribution in [3.05, 3.63) is 12.7 Å². The molecule has 0 radical (unpaired) electrons. The van der Waals surface area contributed by atoms with E-state index in [0.717, 1.165) is 0 Å². The molecular formula is C8H17N3O2. The molecule has 0 aromatic carbocycles. The van der Waals surface area contributed by atoms with Crippen molar-refractivity contribution in [3.8, 4) is 0 Å². The van der Waals surface area contributed by atoms with Crippen molar-refractivity contribution >= 4 is 12.1 Å². The van der Waals surface area contributed by atoms with Crippen LogP contribution in [0.15, 0.2) is 12.7 Å². The highest BCUT2D eigenvalue weighted by Crippen LogP contribution is 2.11. The van der Waals surface area contributed by atoms with Gasteiger partial charge in [0.05, 0.1) is 0 Å². The Labute approximate surface area is 78.2 Å². The highest BCUT2D eigenvalue weighted by atomic mass is 16.2. The lowest BCUT2D eigenvalue weighted by atomic mass is 9.98. The number of amides is 4. The first-order chi connectivity index (χ1) is 5.69. The zero-order chi connectivity index (χ0) is 11.1. The van der Waals surface area contributed by atoms with Crippen LogP contribution in [0.5, 0.6) is 0 Å². The number of carbonyl (C=O) groups excluding carboxylic acids is 2. The first kappa shape index (κ1) is 14.0. The summed E-state index contributed by atoms with van der Waals surface area (Å²) in [6, 6.07) is -1.88. The summed E-state index contributed by atoms with van der Waals surface area (Å²) >= 11 is 0. The number of nitrogens with two attached hydrogens (primary N) is 2. The normalized spacial score (nSPS) is 9.15. The highest BCUT2D eigenvalue weighted by Gasteiger charge is 1.99. The summed E-state index contributed by atoms with van der Waals surface area (Å²) in [7, 11) is 0. The Balaban J connectivity index is 0. The van der Waals surface area contributed by atoms with E-state index < -0.39 is 12.1 Å². The van der Waals surface area contributed by atoms with Gasteiger partial charge in [-0.2, -0.15) is 0 Å². The van der Waals surface area contributed by atoms with Crippen molar-refractivity contribution in [1.29, 1.82) is 0 Å². The molecule has 0 aromatic heterocycles. The van der Waals surface area contributed by atoms with Crippen molar-refractivity contribution in [3.63, 3.8) is 0 Å². The largest absolute Gasteiger partial charge is 0.351 e. The fraction of sp³-hybridized carbons (Fsp3) is 0.500. The van der Waals surface area contributed by atoms with Crippen molar-refractivity contribution in [2.75, 3.05) is 0 Å². The molecule has 0 aliphatic heterocycles. The van der Waals surface area contributed by atoms with E-state index in [1.54, 1.807) is 5.32 Å². The van der Waals surface area contributed by atoms with Crippen LogP contribution < -0.4 is 16.8 Å². The fourth-order valence-corrected chi connectivity index (χ4v) is 0.121. The van der Waals surface area contributed by atoms with Crippen molar-refractivity contribution < 1.29 is 9.59 Å². The van der Waals surface area contributed by atoms with Gasteiger partial charge in [-0.05, 0) is 5.41 Å². The number of carbonyl (C=O) groups is 2. The summed E-state index contributed by atoms with van der Waals surface area (Å²) in [5, 5.41) is 1.58. The predicted octanol–water partition coefficient (Wildman–Crippen LogP) is 0.952. The third kappa shape index (κ3) is 25.1. The number of hydrogen-bond acceptors (Lipinski definition) is 2. The molecule has 5 heteroatoms. The Kier molecular flexibility index (Phi) is 6.53. The van der Waals surface area contributed by atoms with Gasteiger partial charge in [0.2, 0.25) is 0 Å². The number of nitrogens with one attached hydrogen (secondary N) is 1. The Hall–Kier alpha value is -1.52. The molecule has 0 spiro atoms. The lowest BCUT2D eigenvalue weighted by molar-refractivity contribution is 0.236. The molecule has 0 rings (SSSR count). The van der Waals surface area contributed by atoms with E-state index in [2.05, 4.69) is 38.8 Å². The zero-order valence-corrected chi connectivity index (χ0v) is 8.26. The van der Waals surface area contributed by atoms with Crippen LogP contribution in [0, 0.1) is 5.41 Å². The number of rotatable bonds is 0. The van der Waals surface area contributed by atoms with Gasteiger partial charge in [0.15, 0.2) is 0 Å². The summed E-state index contributed by atoms with van der Waals surface area (Å²) in [6.07, 6.45) is 1.94. The molecule has 0 atom stereocenters. The van der Waals surface area contributed by atoms with Crippen LogP contribution in [0.2, 0.25) is 0 Å². The average molecular weight is 187 g/mol. The summed E-state index contributed by atoms with van der Waals surface area (Å²) < 4.78 is 0. The molecule has 0 aliphatic carbocycles. The Morgan fingerprint density at radius 2 is 1.46 bits per heavy atom. The monoisotopic (exact) mass is 187 g/mol. The third-order valence-electron chi connectivity index (χ3n) is 0.859. The summed E-state index contributed by atoms with van der Waals surface area (Å²) in [6.45, 7) is 10.0. The minimum absolute atomic E-state index is 0.306. The predicted molar refractivity (Wildman–Crippen MR) is 52.0 cm³/mol. The highest BCUT2D eigenvalue weighted by molar-refractivity contribution is 5.91. The minimum atomic E-state index is -0.938. The van der Waals surface area contributed by atoms with E-state index in [4.69, 9.17) is 0 Å². The van der Waals surface area contributed by atoms with Gasteiger partial charge < -0.3 is 11.5 Å². The second-order valence-corrected chi connectivity index (χ2v) is 3.42. The van der Waals surface area contributed by atoms with Crippen LogP contribution in [0.1, 0.15) is 20.8 Å². The lowest BCUT2D eigenvalue weighted by Gasteiger charge is -2.08. The smallest absolute Gasteiger partial charge is 0.320 e. The molecule has 0 bridgehead atoms. The molecule has 13 heavy (non-hydrogen) atoms. The standard InChI is InChI=1S/C6H12.C2H5N3O2/c1-5-6(2,3)4;3-1(6)5-2(4)7/h5H,1H2,2-4H3;(H5,3,4,5,6,7). The van der Waals surface area contributed by atoms with E-state index in [0.29, 0.717) is 5.41 Å². The van der Waals surface area contributed by atoms with Gasteiger partial charge in [0.25, 0.3) is 0 Å². The zero-order valence-electron chi connectivity index (χ0n) is 8.26. The Bertz CT molecular complexity index is 182. The molecule has 0 saturated carbocycles. The topological polar surface area (TPSA) is 98.2 Å². The molecule has 5 nitrogen and oxygen atoms in total. The Morgan fingerprint density at radius 3 is 1.46 bits per heavy atom. The van der Waals surface area contributed by atoms with Crippen molar-refractivity contribution in [2.24, 2.45) is 16.9 Å². The lowest BCUT2D eigenvalue weighted by Crippen LogP contribution is -2.38. The third-order valence-corrected chi connectivity index (χ3v) is 0.859. The second-order valence-electron chi connectivity index (χ2n) is 3.42. The molecular weight excluding hydrogens is 170 g/mol. The van der Waals surface area contributed by atoms with Crippen LogP contribution in [0.25, 0.3) is 0 Å². The number of imide groups is 1. The van der Waals surface area contributed by atoms with Gasteiger partial charge in [0.1, 0.15) is 0 Å². The van der Waals surface area contributed by atoms with Gasteiger partial charge in [-0.25, -0.2) is 9.59 Å². The van der Waals surface area contributed by atoms with E-state index >= 15 is 0 Å². The summed E-state index contributed by atoms with van der Waals surface area (Å²) in [5.41, 5.74) is 9.19. The van der Waals surface area contributed by atoms with Gasteiger partial charge in [-0.15, -0.1) is 6.58 Å². The van der Waals surface area contributed by atoms with E-state index in [1.807, 2.05) is 6.08 Å². The van der Waals surface area contributed by atoms with Gasteiger partial charge >= 0.3 is 12.1 Å².